The summed E-state index contributed by atoms with van der Waals surface area (Å²) in [6.45, 7) is 0. The summed E-state index contributed by atoms with van der Waals surface area (Å²) in [5, 5.41) is 0.988. The Kier molecular flexibility index (Phi) is 7.31. The molecule has 0 amide bonds. The summed E-state index contributed by atoms with van der Waals surface area (Å²) in [7, 11) is 6.64. The lowest BCUT2D eigenvalue weighted by Crippen LogP contribution is -1.98. The maximum absolute atomic E-state index is 6.03. The van der Waals surface area contributed by atoms with E-state index in [1.54, 1.807) is 28.4 Å². The van der Waals surface area contributed by atoms with E-state index in [9.17, 15) is 0 Å². The number of benzene rings is 5. The Morgan fingerprint density at radius 1 is 0.489 bits per heavy atom. The highest BCUT2D eigenvalue weighted by molar-refractivity contribution is 5.95. The van der Waals surface area contributed by atoms with E-state index in [0.29, 0.717) is 23.0 Å². The second-order valence-electron chi connectivity index (χ2n) is 10.7. The first-order chi connectivity index (χ1) is 22.1. The summed E-state index contributed by atoms with van der Waals surface area (Å²) in [6.07, 6.45) is 3.77. The Hall–Kier alpha value is -5.75. The van der Waals surface area contributed by atoms with Crippen LogP contribution >= 0.6 is 0 Å². The van der Waals surface area contributed by atoms with Crippen LogP contribution in [-0.2, 0) is 0 Å². The van der Waals surface area contributed by atoms with Gasteiger partial charge in [0.05, 0.1) is 34.0 Å². The van der Waals surface area contributed by atoms with Gasteiger partial charge in [0.25, 0.3) is 0 Å². The summed E-state index contributed by atoms with van der Waals surface area (Å²) in [5.74, 6) is 2.62. The fourth-order valence-corrected chi connectivity index (χ4v) is 6.05. The Balaban J connectivity index is 1.50. The van der Waals surface area contributed by atoms with Crippen LogP contribution in [0, 0.1) is 0 Å². The van der Waals surface area contributed by atoms with Crippen molar-refractivity contribution in [1.82, 2.24) is 9.38 Å². The van der Waals surface area contributed by atoms with Crippen LogP contribution in [0.5, 0.6) is 23.0 Å². The smallest absolute Gasteiger partial charge is 0.168 e. The molecule has 0 aliphatic heterocycles. The molecule has 0 aliphatic rings. The fourth-order valence-electron chi connectivity index (χ4n) is 6.05. The molecule has 0 fully saturated rings. The topological polar surface area (TPSA) is 54.2 Å². The average molecular weight is 593 g/mol. The molecule has 0 bridgehead atoms. The van der Waals surface area contributed by atoms with Crippen molar-refractivity contribution in [3.8, 4) is 67.5 Å². The number of hydrogen-bond acceptors (Lipinski definition) is 5. The van der Waals surface area contributed by atoms with Gasteiger partial charge < -0.3 is 18.9 Å². The molecule has 0 atom stereocenters. The van der Waals surface area contributed by atoms with Crippen LogP contribution in [0.15, 0.2) is 122 Å². The Labute approximate surface area is 262 Å². The summed E-state index contributed by atoms with van der Waals surface area (Å²) >= 11 is 0. The van der Waals surface area contributed by atoms with Crippen molar-refractivity contribution in [3.05, 3.63) is 122 Å². The van der Waals surface area contributed by atoms with E-state index in [4.69, 9.17) is 23.9 Å². The molecule has 7 aromatic rings. The van der Waals surface area contributed by atoms with Crippen molar-refractivity contribution in [3.63, 3.8) is 0 Å². The highest BCUT2D eigenvalue weighted by Gasteiger charge is 2.20. The van der Waals surface area contributed by atoms with Crippen LogP contribution < -0.4 is 18.9 Å². The third kappa shape index (κ3) is 5.00. The third-order valence-electron chi connectivity index (χ3n) is 8.22. The number of fused-ring (bicyclic) bond motifs is 3. The van der Waals surface area contributed by atoms with Gasteiger partial charge in [0.15, 0.2) is 23.0 Å². The van der Waals surface area contributed by atoms with E-state index in [-0.39, 0.29) is 0 Å². The molecule has 6 nitrogen and oxygen atoms in total. The molecule has 0 N–H and O–H groups in total. The minimum absolute atomic E-state index is 0.633. The number of ether oxygens (including phenoxy) is 4. The van der Waals surface area contributed by atoms with Gasteiger partial charge in [-0.3, -0.25) is 4.40 Å². The van der Waals surface area contributed by atoms with Crippen LogP contribution in [0.2, 0.25) is 0 Å². The largest absolute Gasteiger partial charge is 0.493 e. The van der Waals surface area contributed by atoms with Crippen molar-refractivity contribution in [2.75, 3.05) is 28.4 Å². The number of methoxy groups -OCH3 is 4. The van der Waals surface area contributed by atoms with Crippen molar-refractivity contribution in [1.29, 1.82) is 0 Å². The predicted molar refractivity (Wildman–Crippen MR) is 181 cm³/mol. The zero-order valence-electron chi connectivity index (χ0n) is 25.6. The lowest BCUT2D eigenvalue weighted by atomic mass is 9.91. The zero-order chi connectivity index (χ0) is 30.9. The number of pyridine rings is 1. The highest BCUT2D eigenvalue weighted by atomic mass is 16.5. The first kappa shape index (κ1) is 28.0. The molecule has 0 radical (unpaired) electrons. The lowest BCUT2D eigenvalue weighted by molar-refractivity contribution is 0.355. The molecule has 2 aromatic heterocycles. The number of nitrogens with zero attached hydrogens (tertiary/aromatic N) is 2. The van der Waals surface area contributed by atoms with Gasteiger partial charge >= 0.3 is 0 Å². The van der Waals surface area contributed by atoms with Crippen LogP contribution in [0.4, 0.5) is 0 Å². The Morgan fingerprint density at radius 2 is 1.07 bits per heavy atom. The normalized spacial score (nSPS) is 11.1. The van der Waals surface area contributed by atoms with E-state index in [2.05, 4.69) is 83.3 Å². The molecule has 222 valence electrons. The molecular weight excluding hydrogens is 560 g/mol. The standard InChI is InChI=1S/C39H32N2O4/c1-42-35-23-31-21-33(39-40-15-16-41(39)34(31)24-36(35)43-2)30-20-32(38(45-4)37(22-30)44-3)29-18-27(25-11-7-5-8-12-25)17-28(19-29)26-13-9-6-10-14-26/h5-24H,1-4H3. The minimum atomic E-state index is 0.633. The van der Waals surface area contributed by atoms with Crippen molar-refractivity contribution < 1.29 is 18.9 Å². The number of aromatic nitrogens is 2. The monoisotopic (exact) mass is 592 g/mol. The van der Waals surface area contributed by atoms with Gasteiger partial charge in [0.1, 0.15) is 5.65 Å². The maximum atomic E-state index is 6.03. The summed E-state index contributed by atoms with van der Waals surface area (Å²) < 4.78 is 25.3. The molecule has 0 aliphatic carbocycles. The quantitative estimate of drug-likeness (QED) is 0.176. The summed E-state index contributed by atoms with van der Waals surface area (Å²) in [4.78, 5) is 4.77. The van der Waals surface area contributed by atoms with Crippen LogP contribution in [0.3, 0.4) is 0 Å². The van der Waals surface area contributed by atoms with E-state index < -0.39 is 0 Å². The molecule has 0 spiro atoms. The van der Waals surface area contributed by atoms with Gasteiger partial charge in [-0.05, 0) is 75.8 Å². The SMILES string of the molecule is COc1cc2cc(-c3cc(OC)c(OC)c(-c4cc(-c5ccccc5)cc(-c5ccccc5)c4)c3)c3nccn3c2cc1OC. The molecular formula is C39H32N2O4. The Bertz CT molecular complexity index is 2100. The van der Waals surface area contributed by atoms with E-state index in [0.717, 1.165) is 61.1 Å². The first-order valence-electron chi connectivity index (χ1n) is 14.7. The predicted octanol–water partition coefficient (Wildman–Crippen LogP) is 9.19. The molecule has 6 heteroatoms. The molecule has 0 saturated heterocycles. The molecule has 0 unspecified atom stereocenters. The third-order valence-corrected chi connectivity index (χ3v) is 8.22. The van der Waals surface area contributed by atoms with Crippen molar-refractivity contribution in [2.45, 2.75) is 0 Å². The van der Waals surface area contributed by atoms with Gasteiger partial charge in [-0.25, -0.2) is 4.98 Å². The van der Waals surface area contributed by atoms with Crippen LogP contribution in [0.1, 0.15) is 0 Å². The Morgan fingerprint density at radius 3 is 1.67 bits per heavy atom. The van der Waals surface area contributed by atoms with Crippen LogP contribution in [-0.4, -0.2) is 37.8 Å². The average Bonchev–Trinajstić information content (AvgIpc) is 3.61. The number of hydrogen-bond donors (Lipinski definition) is 0. The highest BCUT2D eigenvalue weighted by Crippen LogP contribution is 2.45. The number of rotatable bonds is 8. The summed E-state index contributed by atoms with van der Waals surface area (Å²) in [6, 6.07) is 37.8. The minimum Gasteiger partial charge on any atom is -0.493 e. The molecule has 0 saturated carbocycles. The molecule has 5 aromatic carbocycles. The van der Waals surface area contributed by atoms with E-state index in [1.807, 2.05) is 42.7 Å². The fraction of sp³-hybridized carbons (Fsp3) is 0.103. The van der Waals surface area contributed by atoms with E-state index >= 15 is 0 Å². The van der Waals surface area contributed by atoms with Crippen molar-refractivity contribution in [2.24, 2.45) is 0 Å². The van der Waals surface area contributed by atoms with Gasteiger partial charge in [0.2, 0.25) is 0 Å². The second-order valence-corrected chi connectivity index (χ2v) is 10.7. The molecule has 45 heavy (non-hydrogen) atoms. The molecule has 7 rings (SSSR count). The van der Waals surface area contributed by atoms with Crippen molar-refractivity contribution >= 4 is 16.6 Å². The van der Waals surface area contributed by atoms with Crippen LogP contribution in [0.25, 0.3) is 61.1 Å². The lowest BCUT2D eigenvalue weighted by Gasteiger charge is -2.18. The van der Waals surface area contributed by atoms with Gasteiger partial charge in [-0.1, -0.05) is 60.7 Å². The van der Waals surface area contributed by atoms with Gasteiger partial charge in [0, 0.05) is 35.0 Å². The summed E-state index contributed by atoms with van der Waals surface area (Å²) in [5.41, 5.74) is 10.1. The first-order valence-corrected chi connectivity index (χ1v) is 14.7. The second kappa shape index (κ2) is 11.7. The van der Waals surface area contributed by atoms with E-state index in [1.165, 1.54) is 0 Å². The van der Waals surface area contributed by atoms with Gasteiger partial charge in [-0.2, -0.15) is 0 Å². The molecule has 2 heterocycles. The maximum Gasteiger partial charge on any atom is 0.168 e. The number of imidazole rings is 1. The zero-order valence-corrected chi connectivity index (χ0v) is 25.6. The van der Waals surface area contributed by atoms with Gasteiger partial charge in [-0.15, -0.1) is 0 Å².